The van der Waals surface area contributed by atoms with Gasteiger partial charge >= 0.3 is 6.36 Å². The van der Waals surface area contributed by atoms with E-state index < -0.39 is 6.36 Å². The summed E-state index contributed by atoms with van der Waals surface area (Å²) in [7, 11) is 0. The highest BCUT2D eigenvalue weighted by molar-refractivity contribution is 6.34. The smallest absolute Gasteiger partial charge is 0.472 e. The van der Waals surface area contributed by atoms with Crippen molar-refractivity contribution in [1.82, 2.24) is 14.6 Å². The van der Waals surface area contributed by atoms with Crippen LogP contribution in [0.5, 0.6) is 11.6 Å². The molecular formula is C20H12Cl2F3N3O2. The second-order valence-corrected chi connectivity index (χ2v) is 7.10. The van der Waals surface area contributed by atoms with Crippen molar-refractivity contribution in [1.29, 1.82) is 0 Å². The maximum Gasteiger partial charge on any atom is 0.573 e. The molecule has 2 heterocycles. The molecule has 2 aromatic heterocycles. The standard InChI is InChI=1S/C20H12Cl2F3N3O2/c21-14-6-12(7-15(22)9-14)11-29-19-5-4-18-26-10-17(28(18)27-19)13-2-1-3-16(8-13)30-20(23,24)25/h1-10H,11H2. The van der Waals surface area contributed by atoms with Crippen LogP contribution in [0.3, 0.4) is 0 Å². The third kappa shape index (κ3) is 4.77. The summed E-state index contributed by atoms with van der Waals surface area (Å²) >= 11 is 12.0. The van der Waals surface area contributed by atoms with Crippen LogP contribution in [0.15, 0.2) is 60.8 Å². The molecule has 0 aliphatic heterocycles. The van der Waals surface area contributed by atoms with Crippen molar-refractivity contribution in [3.8, 4) is 22.9 Å². The quantitative estimate of drug-likeness (QED) is 0.361. The minimum atomic E-state index is -4.78. The Morgan fingerprint density at radius 2 is 1.73 bits per heavy atom. The first-order chi connectivity index (χ1) is 14.3. The molecule has 0 spiro atoms. The van der Waals surface area contributed by atoms with Crippen LogP contribution >= 0.6 is 23.2 Å². The van der Waals surface area contributed by atoms with Gasteiger partial charge in [-0.25, -0.2) is 9.50 Å². The Bertz CT molecular complexity index is 1190. The van der Waals surface area contributed by atoms with E-state index in [2.05, 4.69) is 14.8 Å². The highest BCUT2D eigenvalue weighted by Crippen LogP contribution is 2.28. The molecule has 5 nitrogen and oxygen atoms in total. The van der Waals surface area contributed by atoms with Crippen molar-refractivity contribution in [3.05, 3.63) is 76.4 Å². The number of fused-ring (bicyclic) bond motifs is 1. The maximum atomic E-state index is 12.5. The first kappa shape index (κ1) is 20.3. The van der Waals surface area contributed by atoms with E-state index in [-0.39, 0.29) is 12.4 Å². The molecule has 30 heavy (non-hydrogen) atoms. The maximum absolute atomic E-state index is 12.5. The summed E-state index contributed by atoms with van der Waals surface area (Å²) in [5.74, 6) is -0.0410. The number of nitrogens with zero attached hydrogens (tertiary/aromatic N) is 3. The van der Waals surface area contributed by atoms with Crippen molar-refractivity contribution in [2.75, 3.05) is 0 Å². The SMILES string of the molecule is FC(F)(F)Oc1cccc(-c2cnc3ccc(OCc4cc(Cl)cc(Cl)c4)nn23)c1. The van der Waals surface area contributed by atoms with Gasteiger partial charge in [0.1, 0.15) is 12.4 Å². The van der Waals surface area contributed by atoms with E-state index in [1.165, 1.54) is 28.9 Å². The number of imidazole rings is 1. The van der Waals surface area contributed by atoms with Crippen molar-refractivity contribution < 1.29 is 22.6 Å². The summed E-state index contributed by atoms with van der Waals surface area (Å²) in [6, 6.07) is 14.0. The van der Waals surface area contributed by atoms with Gasteiger partial charge in [0.2, 0.25) is 5.88 Å². The van der Waals surface area contributed by atoms with Crippen LogP contribution in [0.1, 0.15) is 5.56 Å². The molecule has 0 aliphatic carbocycles. The minimum absolute atomic E-state index is 0.178. The Kier molecular flexibility index (Phi) is 5.44. The number of hydrogen-bond donors (Lipinski definition) is 0. The number of rotatable bonds is 5. The van der Waals surface area contributed by atoms with E-state index in [1.807, 2.05) is 0 Å². The number of hydrogen-bond acceptors (Lipinski definition) is 4. The zero-order valence-corrected chi connectivity index (χ0v) is 16.5. The van der Waals surface area contributed by atoms with Gasteiger partial charge in [-0.05, 0) is 42.0 Å². The molecule has 0 atom stereocenters. The average Bonchev–Trinajstić information content (AvgIpc) is 3.08. The van der Waals surface area contributed by atoms with Crippen LogP contribution in [0.25, 0.3) is 16.9 Å². The summed E-state index contributed by atoms with van der Waals surface area (Å²) in [6.45, 7) is 0.178. The van der Waals surface area contributed by atoms with Crippen LogP contribution in [0.4, 0.5) is 13.2 Å². The van der Waals surface area contributed by atoms with E-state index in [0.717, 1.165) is 5.56 Å². The summed E-state index contributed by atoms with van der Waals surface area (Å²) in [4.78, 5) is 4.23. The molecule has 0 radical (unpaired) electrons. The molecule has 0 bridgehead atoms. The van der Waals surface area contributed by atoms with Gasteiger partial charge in [-0.2, -0.15) is 0 Å². The van der Waals surface area contributed by atoms with E-state index in [1.54, 1.807) is 36.4 Å². The first-order valence-corrected chi connectivity index (χ1v) is 9.31. The number of ether oxygens (including phenoxy) is 2. The number of alkyl halides is 3. The van der Waals surface area contributed by atoms with E-state index >= 15 is 0 Å². The number of aromatic nitrogens is 3. The summed E-state index contributed by atoms with van der Waals surface area (Å²) in [6.07, 6.45) is -3.27. The number of halogens is 5. The van der Waals surface area contributed by atoms with Crippen LogP contribution < -0.4 is 9.47 Å². The van der Waals surface area contributed by atoms with Crippen LogP contribution in [-0.4, -0.2) is 21.0 Å². The molecular weight excluding hydrogens is 442 g/mol. The lowest BCUT2D eigenvalue weighted by atomic mass is 10.1. The van der Waals surface area contributed by atoms with Gasteiger partial charge in [-0.15, -0.1) is 18.3 Å². The van der Waals surface area contributed by atoms with Crippen LogP contribution in [-0.2, 0) is 6.61 Å². The Hall–Kier alpha value is -2.97. The fourth-order valence-electron chi connectivity index (χ4n) is 2.83. The first-order valence-electron chi connectivity index (χ1n) is 8.55. The number of benzene rings is 2. The predicted molar refractivity (Wildman–Crippen MR) is 106 cm³/mol. The molecule has 0 unspecified atom stereocenters. The lowest BCUT2D eigenvalue weighted by molar-refractivity contribution is -0.274. The molecule has 4 rings (SSSR count). The van der Waals surface area contributed by atoms with Gasteiger partial charge in [-0.1, -0.05) is 35.3 Å². The van der Waals surface area contributed by atoms with Crippen LogP contribution in [0, 0.1) is 0 Å². The minimum Gasteiger partial charge on any atom is -0.472 e. The molecule has 2 aromatic carbocycles. The summed E-state index contributed by atoms with van der Waals surface area (Å²) < 4.78 is 48.7. The summed E-state index contributed by atoms with van der Waals surface area (Å²) in [5, 5.41) is 5.36. The lowest BCUT2D eigenvalue weighted by Crippen LogP contribution is -2.17. The predicted octanol–water partition coefficient (Wildman–Crippen LogP) is 6.18. The molecule has 4 aromatic rings. The molecule has 0 amide bonds. The van der Waals surface area contributed by atoms with Crippen molar-refractivity contribution in [3.63, 3.8) is 0 Å². The van der Waals surface area contributed by atoms with Gasteiger partial charge in [0.15, 0.2) is 5.65 Å². The average molecular weight is 454 g/mol. The Morgan fingerprint density at radius 3 is 2.47 bits per heavy atom. The molecule has 0 aliphatic rings. The topological polar surface area (TPSA) is 48.7 Å². The summed E-state index contributed by atoms with van der Waals surface area (Å²) in [5.41, 5.74) is 2.20. The Balaban J connectivity index is 1.61. The molecule has 154 valence electrons. The molecule has 0 fully saturated rings. The van der Waals surface area contributed by atoms with Gasteiger partial charge in [0.25, 0.3) is 0 Å². The second-order valence-electron chi connectivity index (χ2n) is 6.23. The zero-order chi connectivity index (χ0) is 21.3. The molecule has 0 saturated carbocycles. The second kappa shape index (κ2) is 8.04. The normalized spacial score (nSPS) is 11.6. The highest BCUT2D eigenvalue weighted by Gasteiger charge is 2.31. The fourth-order valence-corrected chi connectivity index (χ4v) is 3.41. The third-order valence-corrected chi connectivity index (χ3v) is 4.45. The van der Waals surface area contributed by atoms with Gasteiger partial charge in [0, 0.05) is 21.7 Å². The van der Waals surface area contributed by atoms with Gasteiger partial charge < -0.3 is 9.47 Å². The largest absolute Gasteiger partial charge is 0.573 e. The molecule has 0 N–H and O–H groups in total. The zero-order valence-electron chi connectivity index (χ0n) is 15.0. The third-order valence-electron chi connectivity index (χ3n) is 4.01. The highest BCUT2D eigenvalue weighted by atomic mass is 35.5. The van der Waals surface area contributed by atoms with Gasteiger partial charge in [0.05, 0.1) is 11.9 Å². The van der Waals surface area contributed by atoms with E-state index in [0.29, 0.717) is 32.8 Å². The molecule has 0 saturated heterocycles. The van der Waals surface area contributed by atoms with Crippen LogP contribution in [0.2, 0.25) is 10.0 Å². The van der Waals surface area contributed by atoms with Crippen molar-refractivity contribution in [2.45, 2.75) is 13.0 Å². The van der Waals surface area contributed by atoms with E-state index in [9.17, 15) is 13.2 Å². The Morgan fingerprint density at radius 1 is 0.967 bits per heavy atom. The van der Waals surface area contributed by atoms with Crippen molar-refractivity contribution >= 4 is 28.8 Å². The lowest BCUT2D eigenvalue weighted by Gasteiger charge is -2.10. The molecule has 10 heteroatoms. The monoisotopic (exact) mass is 453 g/mol. The van der Waals surface area contributed by atoms with Crippen molar-refractivity contribution in [2.24, 2.45) is 0 Å². The van der Waals surface area contributed by atoms with Gasteiger partial charge in [-0.3, -0.25) is 0 Å². The fraction of sp³-hybridized carbons (Fsp3) is 0.100. The van der Waals surface area contributed by atoms with E-state index in [4.69, 9.17) is 27.9 Å². The Labute approximate surface area is 178 Å².